The molecular weight excluding hydrogens is 337 g/mol. The molecular formula is C15H19F3N6O. The molecule has 1 saturated carbocycles. The first kappa shape index (κ1) is 17.5. The number of aliphatic hydroxyl groups excluding tert-OH is 1. The van der Waals surface area contributed by atoms with E-state index in [1.54, 1.807) is 7.05 Å². The average Bonchev–Trinajstić information content (AvgIpc) is 3.13. The van der Waals surface area contributed by atoms with Gasteiger partial charge in [-0.3, -0.25) is 4.68 Å². The number of alkyl halides is 3. The maximum absolute atomic E-state index is 13.7. The van der Waals surface area contributed by atoms with Crippen LogP contribution in [0, 0.1) is 6.92 Å². The van der Waals surface area contributed by atoms with Crippen molar-refractivity contribution in [2.24, 2.45) is 0 Å². The highest BCUT2D eigenvalue weighted by Gasteiger charge is 2.43. The third-order valence-corrected chi connectivity index (χ3v) is 4.27. The van der Waals surface area contributed by atoms with Gasteiger partial charge in [-0.2, -0.15) is 10.1 Å². The largest absolute Gasteiger partial charge is 0.491 e. The number of aliphatic hydroxyl groups is 1. The molecule has 3 rings (SSSR count). The Morgan fingerprint density at radius 1 is 1.36 bits per heavy atom. The topological polar surface area (TPSA) is 79.1 Å². The third kappa shape index (κ3) is 3.39. The SMILES string of the molecule is CNc1ccnc(N(c2cn(C3CCCC3O)nc2C)C(F)(F)F)n1. The van der Waals surface area contributed by atoms with E-state index in [0.29, 0.717) is 12.8 Å². The average molecular weight is 356 g/mol. The number of hydrogen-bond acceptors (Lipinski definition) is 6. The number of aryl methyl sites for hydroxylation is 1. The Kier molecular flexibility index (Phi) is 4.55. The fourth-order valence-electron chi connectivity index (χ4n) is 3.04. The van der Waals surface area contributed by atoms with Crippen molar-refractivity contribution < 1.29 is 18.3 Å². The van der Waals surface area contributed by atoms with Gasteiger partial charge in [-0.05, 0) is 32.3 Å². The Morgan fingerprint density at radius 2 is 2.12 bits per heavy atom. The lowest BCUT2D eigenvalue weighted by molar-refractivity contribution is -0.121. The van der Waals surface area contributed by atoms with Crippen LogP contribution in [0.3, 0.4) is 0 Å². The maximum atomic E-state index is 13.7. The summed E-state index contributed by atoms with van der Waals surface area (Å²) in [6.45, 7) is 1.49. The summed E-state index contributed by atoms with van der Waals surface area (Å²) in [5.74, 6) is -0.218. The van der Waals surface area contributed by atoms with Crippen molar-refractivity contribution in [3.63, 3.8) is 0 Å². The molecule has 0 spiro atoms. The molecule has 136 valence electrons. The summed E-state index contributed by atoms with van der Waals surface area (Å²) in [5, 5.41) is 16.9. The van der Waals surface area contributed by atoms with Crippen LogP contribution in [-0.2, 0) is 0 Å². The Morgan fingerprint density at radius 3 is 2.72 bits per heavy atom. The van der Waals surface area contributed by atoms with E-state index in [1.807, 2.05) is 0 Å². The predicted molar refractivity (Wildman–Crippen MR) is 85.6 cm³/mol. The van der Waals surface area contributed by atoms with Crippen molar-refractivity contribution >= 4 is 17.5 Å². The summed E-state index contributed by atoms with van der Waals surface area (Å²) < 4.78 is 42.5. The van der Waals surface area contributed by atoms with Gasteiger partial charge < -0.3 is 10.4 Å². The molecule has 0 aromatic carbocycles. The second kappa shape index (κ2) is 6.51. The lowest BCUT2D eigenvalue weighted by atomic mass is 10.2. The summed E-state index contributed by atoms with van der Waals surface area (Å²) >= 11 is 0. The van der Waals surface area contributed by atoms with E-state index in [1.165, 1.54) is 30.1 Å². The molecule has 2 heterocycles. The minimum absolute atomic E-state index is 0.105. The molecule has 0 aliphatic heterocycles. The zero-order valence-electron chi connectivity index (χ0n) is 13.8. The van der Waals surface area contributed by atoms with Crippen LogP contribution < -0.4 is 10.2 Å². The van der Waals surface area contributed by atoms with Crippen molar-refractivity contribution in [3.8, 4) is 0 Å². The number of nitrogens with one attached hydrogen (secondary N) is 1. The Bertz CT molecular complexity index is 747. The molecule has 2 aromatic heterocycles. The molecule has 2 atom stereocenters. The third-order valence-electron chi connectivity index (χ3n) is 4.27. The van der Waals surface area contributed by atoms with Gasteiger partial charge in [0.15, 0.2) is 0 Å². The van der Waals surface area contributed by atoms with Crippen LogP contribution >= 0.6 is 0 Å². The van der Waals surface area contributed by atoms with Crippen molar-refractivity contribution in [1.82, 2.24) is 19.7 Å². The van der Waals surface area contributed by atoms with E-state index >= 15 is 0 Å². The van der Waals surface area contributed by atoms with E-state index in [0.717, 1.165) is 6.42 Å². The maximum Gasteiger partial charge on any atom is 0.491 e. The van der Waals surface area contributed by atoms with Crippen LogP contribution in [0.25, 0.3) is 0 Å². The second-order valence-corrected chi connectivity index (χ2v) is 5.94. The predicted octanol–water partition coefficient (Wildman–Crippen LogP) is 2.77. The van der Waals surface area contributed by atoms with Gasteiger partial charge in [-0.1, -0.05) is 0 Å². The smallest absolute Gasteiger partial charge is 0.391 e. The van der Waals surface area contributed by atoms with E-state index in [9.17, 15) is 18.3 Å². The van der Waals surface area contributed by atoms with Crippen LogP contribution in [0.1, 0.15) is 31.0 Å². The zero-order chi connectivity index (χ0) is 18.2. The number of aromatic nitrogens is 4. The first-order valence-corrected chi connectivity index (χ1v) is 7.93. The van der Waals surface area contributed by atoms with Gasteiger partial charge in [0.05, 0.1) is 23.5 Å². The molecule has 1 aliphatic rings. The molecule has 0 bridgehead atoms. The van der Waals surface area contributed by atoms with Gasteiger partial charge in [0.1, 0.15) is 5.82 Å². The Hall–Kier alpha value is -2.36. The Labute approximate surface area is 142 Å². The van der Waals surface area contributed by atoms with E-state index in [4.69, 9.17) is 0 Å². The number of halogens is 3. The summed E-state index contributed by atoms with van der Waals surface area (Å²) in [7, 11) is 1.56. The lowest BCUT2D eigenvalue weighted by Gasteiger charge is -2.24. The first-order chi connectivity index (χ1) is 11.8. The minimum Gasteiger partial charge on any atom is -0.391 e. The van der Waals surface area contributed by atoms with Crippen LogP contribution in [0.4, 0.5) is 30.6 Å². The van der Waals surface area contributed by atoms with Gasteiger partial charge in [-0.25, -0.2) is 9.88 Å². The van der Waals surface area contributed by atoms with Gasteiger partial charge >= 0.3 is 6.30 Å². The normalized spacial score (nSPS) is 20.7. The molecule has 1 aliphatic carbocycles. The van der Waals surface area contributed by atoms with E-state index in [2.05, 4.69) is 20.4 Å². The van der Waals surface area contributed by atoms with Gasteiger partial charge in [-0.15, -0.1) is 13.2 Å². The zero-order valence-corrected chi connectivity index (χ0v) is 13.8. The lowest BCUT2D eigenvalue weighted by Crippen LogP contribution is -2.35. The van der Waals surface area contributed by atoms with Crippen LogP contribution in [-0.4, -0.2) is 44.3 Å². The summed E-state index contributed by atoms with van der Waals surface area (Å²) in [5.41, 5.74) is 0.0368. The number of anilines is 3. The molecule has 2 unspecified atom stereocenters. The molecule has 0 saturated heterocycles. The molecule has 25 heavy (non-hydrogen) atoms. The minimum atomic E-state index is -4.72. The fourth-order valence-corrected chi connectivity index (χ4v) is 3.04. The van der Waals surface area contributed by atoms with Crippen LogP contribution in [0.5, 0.6) is 0 Å². The highest BCUT2D eigenvalue weighted by Crippen LogP contribution is 2.38. The monoisotopic (exact) mass is 356 g/mol. The number of rotatable bonds is 4. The molecule has 7 nitrogen and oxygen atoms in total. The second-order valence-electron chi connectivity index (χ2n) is 5.94. The molecule has 2 N–H and O–H groups in total. The van der Waals surface area contributed by atoms with Crippen molar-refractivity contribution in [2.75, 3.05) is 17.3 Å². The molecule has 0 amide bonds. The van der Waals surface area contributed by atoms with Crippen molar-refractivity contribution in [2.45, 2.75) is 44.6 Å². The summed E-state index contributed by atoms with van der Waals surface area (Å²) in [6.07, 6.45) is -0.648. The number of hydrogen-bond donors (Lipinski definition) is 2. The van der Waals surface area contributed by atoms with E-state index in [-0.39, 0.29) is 28.1 Å². The number of nitrogens with zero attached hydrogens (tertiary/aromatic N) is 5. The van der Waals surface area contributed by atoms with Crippen LogP contribution in [0.2, 0.25) is 0 Å². The fraction of sp³-hybridized carbons (Fsp3) is 0.533. The first-order valence-electron chi connectivity index (χ1n) is 7.93. The van der Waals surface area contributed by atoms with Gasteiger partial charge in [0.25, 0.3) is 0 Å². The van der Waals surface area contributed by atoms with Gasteiger partial charge in [0.2, 0.25) is 5.95 Å². The van der Waals surface area contributed by atoms with Crippen molar-refractivity contribution in [1.29, 1.82) is 0 Å². The summed E-state index contributed by atoms with van der Waals surface area (Å²) in [4.78, 5) is 7.76. The standard InChI is InChI=1S/C15H19F3N6O/c1-9-11(8-23(22-9)10-4-3-5-12(10)25)24(15(16,17)18)14-20-7-6-13(19-2)21-14/h6-8,10,12,25H,3-5H2,1-2H3,(H,19,20,21). The van der Waals surface area contributed by atoms with Crippen molar-refractivity contribution in [3.05, 3.63) is 24.2 Å². The Balaban J connectivity index is 2.04. The molecule has 2 aromatic rings. The molecule has 10 heteroatoms. The van der Waals surface area contributed by atoms with Gasteiger partial charge in [0, 0.05) is 19.4 Å². The quantitative estimate of drug-likeness (QED) is 0.820. The highest BCUT2D eigenvalue weighted by atomic mass is 19.4. The summed E-state index contributed by atoms with van der Waals surface area (Å²) in [6, 6.07) is 1.16. The molecule has 0 radical (unpaired) electrons. The van der Waals surface area contributed by atoms with E-state index < -0.39 is 18.4 Å². The highest BCUT2D eigenvalue weighted by molar-refractivity contribution is 5.61. The molecule has 1 fully saturated rings. The van der Waals surface area contributed by atoms with Crippen LogP contribution in [0.15, 0.2) is 18.5 Å².